The van der Waals surface area contributed by atoms with Gasteiger partial charge in [0.15, 0.2) is 0 Å². The number of hydrogen-bond acceptors (Lipinski definition) is 4. The quantitative estimate of drug-likeness (QED) is 0.809. The zero-order chi connectivity index (χ0) is 15.1. The van der Waals surface area contributed by atoms with Gasteiger partial charge in [0.05, 0.1) is 7.11 Å². The van der Waals surface area contributed by atoms with Crippen LogP contribution < -0.4 is 5.32 Å². The van der Waals surface area contributed by atoms with E-state index in [4.69, 9.17) is 4.74 Å². The summed E-state index contributed by atoms with van der Waals surface area (Å²) in [7, 11) is 3.14. The highest BCUT2D eigenvalue weighted by Crippen LogP contribution is 2.14. The Hall–Kier alpha value is -2.04. The number of carbonyl (C=O) groups is 2. The van der Waals surface area contributed by atoms with Crippen LogP contribution in [0.4, 0.5) is 5.69 Å². The minimum Gasteiger partial charge on any atom is -0.467 e. The summed E-state index contributed by atoms with van der Waals surface area (Å²) in [6.45, 7) is 3.99. The van der Waals surface area contributed by atoms with Crippen molar-refractivity contribution in [2.24, 2.45) is 0 Å². The maximum atomic E-state index is 11.6. The van der Waals surface area contributed by atoms with Gasteiger partial charge in [-0.15, -0.1) is 0 Å². The predicted molar refractivity (Wildman–Crippen MR) is 78.3 cm³/mol. The molecule has 110 valence electrons. The lowest BCUT2D eigenvalue weighted by Gasteiger charge is -2.18. The second kappa shape index (κ2) is 7.53. The van der Waals surface area contributed by atoms with Crippen LogP contribution in [0.1, 0.15) is 25.8 Å². The third-order valence-electron chi connectivity index (χ3n) is 3.12. The molecule has 1 N–H and O–H groups in total. The molecule has 1 unspecified atom stereocenters. The van der Waals surface area contributed by atoms with E-state index in [2.05, 4.69) is 5.32 Å². The smallest absolute Gasteiger partial charge is 0.328 e. The second-order valence-electron chi connectivity index (χ2n) is 4.70. The van der Waals surface area contributed by atoms with Crippen LogP contribution >= 0.6 is 0 Å². The number of hydrogen-bond donors (Lipinski definition) is 1. The van der Waals surface area contributed by atoms with Crippen LogP contribution in [-0.2, 0) is 20.9 Å². The van der Waals surface area contributed by atoms with Crippen molar-refractivity contribution in [3.63, 3.8) is 0 Å². The molecule has 0 aliphatic rings. The van der Waals surface area contributed by atoms with E-state index in [9.17, 15) is 9.59 Å². The van der Waals surface area contributed by atoms with Crippen molar-refractivity contribution in [3.05, 3.63) is 29.8 Å². The Kier molecular flexibility index (Phi) is 6.03. The number of nitrogens with one attached hydrogen (secondary N) is 1. The summed E-state index contributed by atoms with van der Waals surface area (Å²) in [4.78, 5) is 24.4. The molecule has 1 amide bonds. The minimum absolute atomic E-state index is 0.0179. The van der Waals surface area contributed by atoms with Crippen molar-refractivity contribution < 1.29 is 14.3 Å². The van der Waals surface area contributed by atoms with Crippen LogP contribution in [0.25, 0.3) is 0 Å². The predicted octanol–water partition coefficient (Wildman–Crippen LogP) is 2.03. The van der Waals surface area contributed by atoms with Gasteiger partial charge in [-0.1, -0.05) is 19.1 Å². The van der Waals surface area contributed by atoms with Crippen molar-refractivity contribution >= 4 is 17.6 Å². The van der Waals surface area contributed by atoms with E-state index in [1.165, 1.54) is 14.0 Å². The molecule has 0 spiro atoms. The summed E-state index contributed by atoms with van der Waals surface area (Å²) in [6, 6.07) is 7.31. The molecule has 0 bridgehead atoms. The van der Waals surface area contributed by atoms with Crippen LogP contribution in [-0.4, -0.2) is 37.0 Å². The Balaban J connectivity index is 2.77. The lowest BCUT2D eigenvalue weighted by Crippen LogP contribution is -2.30. The number of esters is 1. The van der Waals surface area contributed by atoms with Gasteiger partial charge >= 0.3 is 5.97 Å². The van der Waals surface area contributed by atoms with Gasteiger partial charge in [-0.2, -0.15) is 0 Å². The van der Waals surface area contributed by atoms with Crippen molar-refractivity contribution in [2.45, 2.75) is 32.9 Å². The van der Waals surface area contributed by atoms with E-state index < -0.39 is 0 Å². The SMILES string of the molecule is CCC(Nc1cccc(CN(C)C(C)=O)c1)C(=O)OC. The zero-order valence-electron chi connectivity index (χ0n) is 12.5. The summed E-state index contributed by atoms with van der Waals surface area (Å²) in [5.41, 5.74) is 1.85. The fraction of sp³-hybridized carbons (Fsp3) is 0.467. The molecule has 0 aromatic heterocycles. The Labute approximate surface area is 119 Å². The highest BCUT2D eigenvalue weighted by molar-refractivity contribution is 5.79. The minimum atomic E-state index is -0.360. The molecule has 0 saturated carbocycles. The summed E-state index contributed by atoms with van der Waals surface area (Å²) in [5.74, 6) is -0.261. The van der Waals surface area contributed by atoms with Gasteiger partial charge in [0.25, 0.3) is 0 Å². The number of methoxy groups -OCH3 is 1. The molecule has 1 aromatic rings. The van der Waals surface area contributed by atoms with Crippen LogP contribution in [0.3, 0.4) is 0 Å². The first-order chi connectivity index (χ1) is 9.47. The summed E-state index contributed by atoms with van der Waals surface area (Å²) in [5, 5.41) is 3.14. The van der Waals surface area contributed by atoms with E-state index in [0.29, 0.717) is 13.0 Å². The molecule has 0 fully saturated rings. The third kappa shape index (κ3) is 4.57. The van der Waals surface area contributed by atoms with Crippen molar-refractivity contribution in [2.75, 3.05) is 19.5 Å². The Bertz CT molecular complexity index is 474. The number of anilines is 1. The van der Waals surface area contributed by atoms with Crippen LogP contribution in [0.15, 0.2) is 24.3 Å². The highest BCUT2D eigenvalue weighted by atomic mass is 16.5. The van der Waals surface area contributed by atoms with Crippen molar-refractivity contribution in [3.8, 4) is 0 Å². The van der Waals surface area contributed by atoms with Gasteiger partial charge in [-0.05, 0) is 24.1 Å². The van der Waals surface area contributed by atoms with E-state index in [-0.39, 0.29) is 17.9 Å². The Morgan fingerprint density at radius 3 is 2.65 bits per heavy atom. The molecular formula is C15H22N2O3. The fourth-order valence-corrected chi connectivity index (χ4v) is 1.82. The van der Waals surface area contributed by atoms with Crippen LogP contribution in [0, 0.1) is 0 Å². The largest absolute Gasteiger partial charge is 0.467 e. The van der Waals surface area contributed by atoms with Gasteiger partial charge in [0.1, 0.15) is 6.04 Å². The summed E-state index contributed by atoms with van der Waals surface area (Å²) in [6.07, 6.45) is 0.643. The molecule has 0 aliphatic carbocycles. The Morgan fingerprint density at radius 2 is 2.10 bits per heavy atom. The molecule has 5 nitrogen and oxygen atoms in total. The molecule has 0 heterocycles. The standard InChI is InChI=1S/C15H22N2O3/c1-5-14(15(19)20-4)16-13-8-6-7-12(9-13)10-17(3)11(2)18/h6-9,14,16H,5,10H2,1-4H3. The van der Waals surface area contributed by atoms with Crippen LogP contribution in [0.5, 0.6) is 0 Å². The maximum Gasteiger partial charge on any atom is 0.328 e. The van der Waals surface area contributed by atoms with E-state index in [1.807, 2.05) is 31.2 Å². The molecule has 5 heteroatoms. The Morgan fingerprint density at radius 1 is 1.40 bits per heavy atom. The molecule has 0 radical (unpaired) electrons. The number of rotatable bonds is 6. The summed E-state index contributed by atoms with van der Waals surface area (Å²) < 4.78 is 4.75. The molecule has 1 atom stereocenters. The van der Waals surface area contributed by atoms with Crippen molar-refractivity contribution in [1.29, 1.82) is 0 Å². The fourth-order valence-electron chi connectivity index (χ4n) is 1.82. The first kappa shape index (κ1) is 16.0. The van der Waals surface area contributed by atoms with Gasteiger partial charge in [0.2, 0.25) is 5.91 Å². The van der Waals surface area contributed by atoms with E-state index in [0.717, 1.165) is 11.3 Å². The van der Waals surface area contributed by atoms with Gasteiger partial charge in [-0.25, -0.2) is 4.79 Å². The van der Waals surface area contributed by atoms with Crippen LogP contribution in [0.2, 0.25) is 0 Å². The average Bonchev–Trinajstić information content (AvgIpc) is 2.44. The van der Waals surface area contributed by atoms with Gasteiger partial charge in [0, 0.05) is 26.2 Å². The van der Waals surface area contributed by atoms with E-state index in [1.54, 1.807) is 11.9 Å². The lowest BCUT2D eigenvalue weighted by molar-refractivity contribution is -0.141. The van der Waals surface area contributed by atoms with Gasteiger partial charge < -0.3 is 15.0 Å². The molecule has 1 aromatic carbocycles. The lowest BCUT2D eigenvalue weighted by atomic mass is 10.1. The number of nitrogens with zero attached hydrogens (tertiary/aromatic N) is 1. The number of carbonyl (C=O) groups excluding carboxylic acids is 2. The number of amides is 1. The topological polar surface area (TPSA) is 58.6 Å². The molecule has 20 heavy (non-hydrogen) atoms. The summed E-state index contributed by atoms with van der Waals surface area (Å²) >= 11 is 0. The molecule has 0 saturated heterocycles. The normalized spacial score (nSPS) is 11.6. The monoisotopic (exact) mass is 278 g/mol. The average molecular weight is 278 g/mol. The zero-order valence-corrected chi connectivity index (χ0v) is 12.5. The van der Waals surface area contributed by atoms with Crippen molar-refractivity contribution in [1.82, 2.24) is 4.90 Å². The molecular weight excluding hydrogens is 256 g/mol. The first-order valence-electron chi connectivity index (χ1n) is 6.63. The number of benzene rings is 1. The highest BCUT2D eigenvalue weighted by Gasteiger charge is 2.16. The molecule has 0 aliphatic heterocycles. The number of ether oxygens (including phenoxy) is 1. The maximum absolute atomic E-state index is 11.6. The van der Waals surface area contributed by atoms with E-state index >= 15 is 0 Å². The molecule has 1 rings (SSSR count). The second-order valence-corrected chi connectivity index (χ2v) is 4.70. The van der Waals surface area contributed by atoms with Gasteiger partial charge in [-0.3, -0.25) is 4.79 Å². The third-order valence-corrected chi connectivity index (χ3v) is 3.12. The first-order valence-corrected chi connectivity index (χ1v) is 6.63.